The molecule has 46 heavy (non-hydrogen) atoms. The van der Waals surface area contributed by atoms with E-state index in [4.69, 9.17) is 9.73 Å². The van der Waals surface area contributed by atoms with E-state index in [-0.39, 0.29) is 42.4 Å². The summed E-state index contributed by atoms with van der Waals surface area (Å²) in [6.45, 7) is 2.54. The molecule has 0 spiro atoms. The van der Waals surface area contributed by atoms with E-state index in [2.05, 4.69) is 15.0 Å². The molecule has 0 aliphatic carbocycles. The maximum absolute atomic E-state index is 14.7. The maximum atomic E-state index is 14.7. The SMILES string of the molecule is COc1ncc(C2(N3CCN(C(=O)/C=C/C(C)=O)CC3)N=CNc3ccccc32)cc1NS(=O)(=O)c1ccc(C(F)(F)F)cc1F. The molecule has 0 saturated carbocycles. The predicted octanol–water partition coefficient (Wildman–Crippen LogP) is 3.99. The van der Waals surface area contributed by atoms with Crippen LogP contribution in [-0.4, -0.2) is 74.5 Å². The second kappa shape index (κ2) is 12.5. The van der Waals surface area contributed by atoms with Crippen LogP contribution >= 0.6 is 0 Å². The van der Waals surface area contributed by atoms with Crippen molar-refractivity contribution in [3.63, 3.8) is 0 Å². The molecule has 2 N–H and O–H groups in total. The third kappa shape index (κ3) is 6.30. The lowest BCUT2D eigenvalue weighted by Gasteiger charge is -2.47. The van der Waals surface area contributed by atoms with Crippen molar-refractivity contribution in [1.29, 1.82) is 0 Å². The Morgan fingerprint density at radius 1 is 1.07 bits per heavy atom. The van der Waals surface area contributed by atoms with Crippen molar-refractivity contribution >= 4 is 39.4 Å². The number of benzene rings is 2. The molecule has 3 heterocycles. The highest BCUT2D eigenvalue weighted by molar-refractivity contribution is 7.92. The van der Waals surface area contributed by atoms with Crippen LogP contribution in [0.5, 0.6) is 5.88 Å². The van der Waals surface area contributed by atoms with Gasteiger partial charge in [0.25, 0.3) is 10.0 Å². The molecule has 1 unspecified atom stereocenters. The van der Waals surface area contributed by atoms with Crippen LogP contribution in [0.25, 0.3) is 0 Å². The largest absolute Gasteiger partial charge is 0.480 e. The van der Waals surface area contributed by atoms with Gasteiger partial charge in [-0.2, -0.15) is 13.2 Å². The van der Waals surface area contributed by atoms with Crippen LogP contribution in [0.15, 0.2) is 76.8 Å². The molecule has 242 valence electrons. The second-order valence-corrected chi connectivity index (χ2v) is 12.1. The van der Waals surface area contributed by atoms with Crippen molar-refractivity contribution in [1.82, 2.24) is 14.8 Å². The van der Waals surface area contributed by atoms with Gasteiger partial charge in [-0.25, -0.2) is 22.8 Å². The van der Waals surface area contributed by atoms with Gasteiger partial charge in [0, 0.05) is 55.3 Å². The number of ether oxygens (including phenoxy) is 1. The zero-order valence-corrected chi connectivity index (χ0v) is 25.3. The monoisotopic (exact) mass is 660 g/mol. The number of aromatic nitrogens is 1. The molecule has 2 aliphatic rings. The Balaban J connectivity index is 1.55. The van der Waals surface area contributed by atoms with Gasteiger partial charge in [-0.15, -0.1) is 0 Å². The van der Waals surface area contributed by atoms with Gasteiger partial charge < -0.3 is 15.0 Å². The number of halogens is 4. The zero-order valence-electron chi connectivity index (χ0n) is 24.5. The van der Waals surface area contributed by atoms with Crippen molar-refractivity contribution in [3.8, 4) is 5.88 Å². The number of nitrogens with one attached hydrogen (secondary N) is 2. The lowest BCUT2D eigenvalue weighted by Crippen LogP contribution is -2.57. The number of hydrogen-bond donors (Lipinski definition) is 2. The Morgan fingerprint density at radius 3 is 2.43 bits per heavy atom. The Hall–Kier alpha value is -4.83. The molecule has 2 aromatic carbocycles. The summed E-state index contributed by atoms with van der Waals surface area (Å²) in [7, 11) is -3.53. The number of fused-ring (bicyclic) bond motifs is 1. The third-order valence-electron chi connectivity index (χ3n) is 7.52. The summed E-state index contributed by atoms with van der Waals surface area (Å²) in [4.78, 5) is 35.6. The lowest BCUT2D eigenvalue weighted by molar-refractivity contribution is -0.137. The van der Waals surface area contributed by atoms with Gasteiger partial charge in [0.05, 0.1) is 19.0 Å². The van der Waals surface area contributed by atoms with E-state index < -0.39 is 38.1 Å². The molecule has 1 saturated heterocycles. The molecule has 0 bridgehead atoms. The van der Waals surface area contributed by atoms with E-state index in [0.717, 1.165) is 0 Å². The minimum Gasteiger partial charge on any atom is -0.480 e. The van der Waals surface area contributed by atoms with Crippen LogP contribution in [0.4, 0.5) is 28.9 Å². The van der Waals surface area contributed by atoms with Crippen molar-refractivity contribution in [2.24, 2.45) is 4.99 Å². The van der Waals surface area contributed by atoms with Gasteiger partial charge in [0.15, 0.2) is 11.4 Å². The highest BCUT2D eigenvalue weighted by atomic mass is 32.2. The molecule has 1 atom stereocenters. The smallest absolute Gasteiger partial charge is 0.416 e. The molecule has 2 aliphatic heterocycles. The summed E-state index contributed by atoms with van der Waals surface area (Å²) in [6, 6.07) is 9.81. The van der Waals surface area contributed by atoms with Gasteiger partial charge in [0.2, 0.25) is 11.8 Å². The summed E-state index contributed by atoms with van der Waals surface area (Å²) >= 11 is 0. The number of rotatable bonds is 8. The average Bonchev–Trinajstić information content (AvgIpc) is 3.02. The zero-order chi connectivity index (χ0) is 33.3. The first-order valence-corrected chi connectivity index (χ1v) is 15.3. The fraction of sp³-hybridized carbons (Fsp3) is 0.267. The van der Waals surface area contributed by atoms with Crippen LogP contribution < -0.4 is 14.8 Å². The number of piperazine rings is 1. The first kappa shape index (κ1) is 32.6. The number of para-hydroxylation sites is 1. The van der Waals surface area contributed by atoms with Crippen LogP contribution in [0.2, 0.25) is 0 Å². The minimum absolute atomic E-state index is 0.108. The summed E-state index contributed by atoms with van der Waals surface area (Å²) in [6.07, 6.45) is 0.480. The summed E-state index contributed by atoms with van der Waals surface area (Å²) in [5.74, 6) is -2.36. The Labute approximate surface area is 261 Å². The first-order chi connectivity index (χ1) is 21.8. The summed E-state index contributed by atoms with van der Waals surface area (Å²) < 4.78 is 88.0. The Kier molecular flexibility index (Phi) is 8.86. The van der Waals surface area contributed by atoms with E-state index in [9.17, 15) is 35.6 Å². The lowest BCUT2D eigenvalue weighted by atomic mass is 9.87. The van der Waals surface area contributed by atoms with Crippen molar-refractivity contribution in [2.75, 3.05) is 43.3 Å². The van der Waals surface area contributed by atoms with E-state index in [1.54, 1.807) is 11.0 Å². The quantitative estimate of drug-likeness (QED) is 0.274. The number of amides is 1. The summed E-state index contributed by atoms with van der Waals surface area (Å²) in [5.41, 5.74) is -1.08. The van der Waals surface area contributed by atoms with Crippen LogP contribution in [0, 0.1) is 5.82 Å². The van der Waals surface area contributed by atoms with Gasteiger partial charge >= 0.3 is 6.18 Å². The number of sulfonamides is 1. The molecule has 3 aromatic rings. The number of alkyl halides is 3. The van der Waals surface area contributed by atoms with Gasteiger partial charge in [-0.05, 0) is 43.3 Å². The van der Waals surface area contributed by atoms with Crippen LogP contribution in [-0.2, 0) is 31.5 Å². The molecule has 16 heteroatoms. The fourth-order valence-electron chi connectivity index (χ4n) is 5.36. The predicted molar refractivity (Wildman–Crippen MR) is 160 cm³/mol. The molecular formula is C30H28F4N6O5S. The number of nitrogens with zero attached hydrogens (tertiary/aromatic N) is 4. The number of methoxy groups -OCH3 is 1. The van der Waals surface area contributed by atoms with Gasteiger partial charge in [-0.3, -0.25) is 19.2 Å². The topological polar surface area (TPSA) is 133 Å². The number of anilines is 2. The number of carbonyl (C=O) groups is 2. The number of hydrogen-bond acceptors (Lipinski definition) is 9. The normalized spacial score (nSPS) is 18.6. The number of ketones is 1. The highest BCUT2D eigenvalue weighted by Gasteiger charge is 2.45. The third-order valence-corrected chi connectivity index (χ3v) is 8.92. The molecule has 11 nitrogen and oxygen atoms in total. The van der Waals surface area contributed by atoms with E-state index in [1.807, 2.05) is 23.1 Å². The standard InChI is InChI=1S/C30H28F4N6O5S/c1-19(41)7-10-27(42)39-11-13-40(14-12-39)29(22-5-3-4-6-24(22)36-18-37-29)21-16-25(28(45-2)35-17-21)38-46(43,44)26-9-8-20(15-23(26)31)30(32,33)34/h3-10,15-18,38H,11-14H2,1-2H3,(H,36,37)/b10-7+. The van der Waals surface area contributed by atoms with Gasteiger partial charge in [-0.1, -0.05) is 18.2 Å². The fourth-order valence-corrected chi connectivity index (χ4v) is 6.47. The van der Waals surface area contributed by atoms with E-state index >= 15 is 0 Å². The number of aliphatic imine (C=N–C) groups is 1. The Morgan fingerprint density at radius 2 is 1.78 bits per heavy atom. The van der Waals surface area contributed by atoms with Crippen molar-refractivity contribution < 1.29 is 40.3 Å². The van der Waals surface area contributed by atoms with E-state index in [1.165, 1.54) is 44.8 Å². The van der Waals surface area contributed by atoms with Crippen LogP contribution in [0.1, 0.15) is 23.6 Å². The van der Waals surface area contributed by atoms with Crippen molar-refractivity contribution in [2.45, 2.75) is 23.7 Å². The molecular weight excluding hydrogens is 632 g/mol. The maximum Gasteiger partial charge on any atom is 0.416 e. The molecule has 5 rings (SSSR count). The minimum atomic E-state index is -4.87. The highest BCUT2D eigenvalue weighted by Crippen LogP contribution is 2.45. The van der Waals surface area contributed by atoms with Crippen LogP contribution in [0.3, 0.4) is 0 Å². The number of pyridine rings is 1. The van der Waals surface area contributed by atoms with Crippen molar-refractivity contribution in [3.05, 3.63) is 89.4 Å². The number of allylic oxidation sites excluding steroid dienone is 1. The average molecular weight is 661 g/mol. The van der Waals surface area contributed by atoms with Gasteiger partial charge in [0.1, 0.15) is 16.4 Å². The molecule has 1 amide bonds. The molecule has 1 aromatic heterocycles. The second-order valence-electron chi connectivity index (χ2n) is 10.4. The van der Waals surface area contributed by atoms with E-state index in [0.29, 0.717) is 42.0 Å². The summed E-state index contributed by atoms with van der Waals surface area (Å²) in [5, 5.41) is 3.10. The number of carbonyl (C=O) groups excluding carboxylic acids is 2. The molecule has 0 radical (unpaired) electrons. The Bertz CT molecular complexity index is 1840. The molecule has 1 fully saturated rings. The first-order valence-electron chi connectivity index (χ1n) is 13.8.